The number of rotatable bonds is 3. The average molecular weight is 210 g/mol. The van der Waals surface area contributed by atoms with Crippen LogP contribution in [0.5, 0.6) is 0 Å². The summed E-state index contributed by atoms with van der Waals surface area (Å²) in [6.07, 6.45) is 3.33. The second-order valence-electron chi connectivity index (χ2n) is 1.43. The van der Waals surface area contributed by atoms with Gasteiger partial charge < -0.3 is 5.11 Å². The summed E-state index contributed by atoms with van der Waals surface area (Å²) in [7, 11) is 0. The van der Waals surface area contributed by atoms with Gasteiger partial charge in [-0.05, 0) is 6.42 Å². The number of hydrogen-bond donors (Lipinski definition) is 1. The van der Waals surface area contributed by atoms with Gasteiger partial charge in [0, 0.05) is 31.0 Å². The van der Waals surface area contributed by atoms with Gasteiger partial charge >= 0.3 is 0 Å². The molecule has 0 fully saturated rings. The van der Waals surface area contributed by atoms with Gasteiger partial charge in [0.2, 0.25) is 0 Å². The minimum atomic E-state index is 0. The van der Waals surface area contributed by atoms with Crippen molar-refractivity contribution in [3.63, 3.8) is 0 Å². The molecule has 7 heavy (non-hydrogen) atoms. The van der Waals surface area contributed by atoms with Crippen molar-refractivity contribution in [1.82, 2.24) is 0 Å². The molecular weight excluding hydrogens is 198 g/mol. The zero-order valence-corrected chi connectivity index (χ0v) is 7.28. The fourth-order valence-corrected chi connectivity index (χ4v) is 0.362. The van der Waals surface area contributed by atoms with Crippen molar-refractivity contribution in [2.45, 2.75) is 26.2 Å². The van der Waals surface area contributed by atoms with Crippen LogP contribution in [-0.4, -0.2) is 36.1 Å². The maximum atomic E-state index is 8.20. The van der Waals surface area contributed by atoms with Gasteiger partial charge in [-0.3, -0.25) is 0 Å². The van der Waals surface area contributed by atoms with E-state index in [2.05, 4.69) is 6.92 Å². The van der Waals surface area contributed by atoms with Crippen molar-refractivity contribution < 1.29 is 5.11 Å². The third-order valence-corrected chi connectivity index (χ3v) is 0.762. The molecule has 0 rings (SSSR count). The molecule has 1 N–H and O–H groups in total. The largest absolute Gasteiger partial charge is 0.396 e. The first kappa shape index (κ1) is 10.7. The Balaban J connectivity index is 0. The number of unbranched alkanes of at least 4 members (excludes halogenated alkanes) is 2. The van der Waals surface area contributed by atoms with E-state index >= 15 is 0 Å². The van der Waals surface area contributed by atoms with E-state index in [9.17, 15) is 0 Å². The van der Waals surface area contributed by atoms with E-state index in [0.29, 0.717) is 6.61 Å². The minimum absolute atomic E-state index is 0. The molecule has 0 aromatic heterocycles. The van der Waals surface area contributed by atoms with Crippen molar-refractivity contribution in [1.29, 1.82) is 0 Å². The van der Waals surface area contributed by atoms with Crippen LogP contribution in [0.2, 0.25) is 0 Å². The van der Waals surface area contributed by atoms with Crippen LogP contribution in [-0.2, 0) is 0 Å². The standard InChI is InChI=1S/C5H12O.Sb/c1-2-3-4-5-6;/h6H,2-5H2,1H3;. The summed E-state index contributed by atoms with van der Waals surface area (Å²) in [4.78, 5) is 0. The van der Waals surface area contributed by atoms with Crippen LogP contribution in [0.15, 0.2) is 0 Å². The molecule has 2 heteroatoms. The van der Waals surface area contributed by atoms with Crippen molar-refractivity contribution in [3.8, 4) is 0 Å². The predicted molar refractivity (Wildman–Crippen MR) is 32.4 cm³/mol. The molecule has 0 unspecified atom stereocenters. The second-order valence-corrected chi connectivity index (χ2v) is 1.43. The molecule has 0 aromatic rings. The summed E-state index contributed by atoms with van der Waals surface area (Å²) in [5.41, 5.74) is 0. The van der Waals surface area contributed by atoms with Gasteiger partial charge in [0.1, 0.15) is 0 Å². The molecule has 0 saturated carbocycles. The number of hydrogen-bond acceptors (Lipinski definition) is 1. The first-order valence-electron chi connectivity index (χ1n) is 2.52. The Morgan fingerprint density at radius 3 is 2.00 bits per heavy atom. The average Bonchev–Trinajstić information content (AvgIpc) is 1.61. The molecule has 0 aliphatic heterocycles. The van der Waals surface area contributed by atoms with Crippen molar-refractivity contribution in [3.05, 3.63) is 0 Å². The van der Waals surface area contributed by atoms with Gasteiger partial charge in [-0.2, -0.15) is 0 Å². The van der Waals surface area contributed by atoms with Crippen molar-refractivity contribution in [2.24, 2.45) is 0 Å². The molecule has 0 heterocycles. The Bertz CT molecular complexity index is 20.0. The summed E-state index contributed by atoms with van der Waals surface area (Å²) in [6, 6.07) is 0. The van der Waals surface area contributed by atoms with Gasteiger partial charge in [-0.25, -0.2) is 0 Å². The third kappa shape index (κ3) is 10.8. The molecule has 1 nitrogen and oxygen atoms in total. The van der Waals surface area contributed by atoms with Crippen LogP contribution >= 0.6 is 0 Å². The van der Waals surface area contributed by atoms with Crippen LogP contribution in [0.3, 0.4) is 0 Å². The van der Waals surface area contributed by atoms with E-state index in [-0.39, 0.29) is 24.4 Å². The van der Waals surface area contributed by atoms with Crippen molar-refractivity contribution >= 4 is 24.4 Å². The maximum Gasteiger partial charge on any atom is 0.0431 e. The summed E-state index contributed by atoms with van der Waals surface area (Å²) < 4.78 is 0. The fraction of sp³-hybridized carbons (Fsp3) is 1.00. The van der Waals surface area contributed by atoms with Gasteiger partial charge in [-0.15, -0.1) is 0 Å². The first-order valence-corrected chi connectivity index (χ1v) is 2.52. The summed E-state index contributed by atoms with van der Waals surface area (Å²) in [5.74, 6) is 0. The van der Waals surface area contributed by atoms with Gasteiger partial charge in [0.05, 0.1) is 0 Å². The smallest absolute Gasteiger partial charge is 0.0431 e. The van der Waals surface area contributed by atoms with Crippen LogP contribution in [0.25, 0.3) is 0 Å². The molecule has 0 saturated heterocycles. The van der Waals surface area contributed by atoms with E-state index in [1.165, 1.54) is 6.42 Å². The quantitative estimate of drug-likeness (QED) is 0.539. The molecular formula is C5H12OSb. The minimum Gasteiger partial charge on any atom is -0.396 e. The number of aliphatic hydroxyl groups excluding tert-OH is 1. The zero-order valence-electron chi connectivity index (χ0n) is 4.72. The first-order chi connectivity index (χ1) is 2.91. The molecule has 0 spiro atoms. The summed E-state index contributed by atoms with van der Waals surface area (Å²) >= 11 is 0. The zero-order chi connectivity index (χ0) is 4.83. The topological polar surface area (TPSA) is 20.2 Å². The van der Waals surface area contributed by atoms with Gasteiger partial charge in [-0.1, -0.05) is 19.8 Å². The van der Waals surface area contributed by atoms with E-state index in [4.69, 9.17) is 5.11 Å². The normalized spacial score (nSPS) is 7.71. The molecule has 0 atom stereocenters. The van der Waals surface area contributed by atoms with Crippen LogP contribution < -0.4 is 0 Å². The van der Waals surface area contributed by atoms with Crippen LogP contribution in [0.4, 0.5) is 0 Å². The van der Waals surface area contributed by atoms with Gasteiger partial charge in [0.15, 0.2) is 0 Å². The Hall–Kier alpha value is 0.778. The molecule has 0 aliphatic rings. The van der Waals surface area contributed by atoms with Gasteiger partial charge in [0.25, 0.3) is 0 Å². The van der Waals surface area contributed by atoms with Crippen LogP contribution in [0, 0.1) is 0 Å². The Morgan fingerprint density at radius 1 is 1.29 bits per heavy atom. The maximum absolute atomic E-state index is 8.20. The number of aliphatic hydroxyl groups is 1. The SMILES string of the molecule is CCCCCO.[Sb]. The molecule has 0 aliphatic carbocycles. The summed E-state index contributed by atoms with van der Waals surface area (Å²) in [5, 5.41) is 8.20. The van der Waals surface area contributed by atoms with Crippen molar-refractivity contribution in [2.75, 3.05) is 6.61 Å². The Labute approximate surface area is 62.6 Å². The monoisotopic (exact) mass is 209 g/mol. The molecule has 0 amide bonds. The van der Waals surface area contributed by atoms with E-state index in [0.717, 1.165) is 12.8 Å². The van der Waals surface area contributed by atoms with Crippen LogP contribution in [0.1, 0.15) is 26.2 Å². The Kier molecular flexibility index (Phi) is 15.2. The third-order valence-electron chi connectivity index (χ3n) is 0.762. The van der Waals surface area contributed by atoms with E-state index < -0.39 is 0 Å². The van der Waals surface area contributed by atoms with E-state index in [1.54, 1.807) is 0 Å². The fourth-order valence-electron chi connectivity index (χ4n) is 0.362. The predicted octanol–water partition coefficient (Wildman–Crippen LogP) is 0.788. The Morgan fingerprint density at radius 2 is 1.86 bits per heavy atom. The molecule has 43 valence electrons. The molecule has 0 aromatic carbocycles. The van der Waals surface area contributed by atoms with E-state index in [1.807, 2.05) is 0 Å². The molecule has 3 radical (unpaired) electrons. The second kappa shape index (κ2) is 9.91. The molecule has 0 bridgehead atoms. The summed E-state index contributed by atoms with van der Waals surface area (Å²) in [6.45, 7) is 2.48.